The topological polar surface area (TPSA) is 63.9 Å². The molecular formula is C23H29N5OS. The van der Waals surface area contributed by atoms with Crippen molar-refractivity contribution in [2.75, 3.05) is 6.54 Å². The van der Waals surface area contributed by atoms with Crippen LogP contribution in [0.4, 0.5) is 0 Å². The largest absolute Gasteiger partial charge is 0.340 e. The molecule has 6 nitrogen and oxygen atoms in total. The Balaban J connectivity index is 1.11. The molecule has 1 unspecified atom stereocenters. The van der Waals surface area contributed by atoms with E-state index in [9.17, 15) is 4.79 Å². The number of rotatable bonds is 9. The Labute approximate surface area is 181 Å². The van der Waals surface area contributed by atoms with E-state index in [2.05, 4.69) is 37.9 Å². The Bertz CT molecular complexity index is 975. The molecule has 1 aliphatic carbocycles. The zero-order valence-corrected chi connectivity index (χ0v) is 18.2. The van der Waals surface area contributed by atoms with Crippen LogP contribution in [-0.2, 0) is 24.2 Å². The molecule has 0 bridgehead atoms. The Morgan fingerprint density at radius 2 is 2.07 bits per heavy atom. The third kappa shape index (κ3) is 4.56. The van der Waals surface area contributed by atoms with E-state index in [-0.39, 0.29) is 0 Å². The number of benzene rings is 1. The van der Waals surface area contributed by atoms with Crippen molar-refractivity contribution in [2.45, 2.75) is 70.4 Å². The number of aromatic nitrogens is 4. The third-order valence-corrected chi connectivity index (χ3v) is 7.46. The van der Waals surface area contributed by atoms with Crippen LogP contribution in [0.2, 0.25) is 0 Å². The van der Waals surface area contributed by atoms with Crippen molar-refractivity contribution in [1.82, 2.24) is 24.6 Å². The minimum atomic E-state index is 0.304. The van der Waals surface area contributed by atoms with Crippen LogP contribution in [0.15, 0.2) is 30.6 Å². The Morgan fingerprint density at radius 3 is 2.93 bits per heavy atom. The van der Waals surface area contributed by atoms with Crippen molar-refractivity contribution in [3.05, 3.63) is 41.4 Å². The number of fused-ring (bicyclic) bond motifs is 1. The number of hydrogen-bond acceptors (Lipinski definition) is 5. The van der Waals surface area contributed by atoms with Crippen molar-refractivity contribution in [3.8, 4) is 0 Å². The molecule has 5 rings (SSSR count). The molecule has 1 saturated heterocycles. The van der Waals surface area contributed by atoms with E-state index >= 15 is 0 Å². The number of likely N-dealkylation sites (tertiary alicyclic amines) is 1. The van der Waals surface area contributed by atoms with Gasteiger partial charge in [0.05, 0.1) is 15.2 Å². The van der Waals surface area contributed by atoms with E-state index in [1.807, 2.05) is 12.4 Å². The molecule has 2 fully saturated rings. The van der Waals surface area contributed by atoms with Crippen molar-refractivity contribution in [2.24, 2.45) is 5.92 Å². The summed E-state index contributed by atoms with van der Waals surface area (Å²) in [5.74, 6) is 2.20. The summed E-state index contributed by atoms with van der Waals surface area (Å²) in [6.07, 6.45) is 11.0. The van der Waals surface area contributed by atoms with Crippen molar-refractivity contribution in [3.63, 3.8) is 0 Å². The van der Waals surface area contributed by atoms with Gasteiger partial charge in [-0.1, -0.05) is 12.1 Å². The summed E-state index contributed by atoms with van der Waals surface area (Å²) in [6, 6.07) is 8.60. The molecule has 1 saturated carbocycles. The zero-order valence-electron chi connectivity index (χ0n) is 17.4. The monoisotopic (exact) mass is 423 g/mol. The van der Waals surface area contributed by atoms with Gasteiger partial charge in [-0.2, -0.15) is 0 Å². The summed E-state index contributed by atoms with van der Waals surface area (Å²) in [5.41, 5.74) is 1.07. The fraction of sp³-hybridized carbons (Fsp3) is 0.565. The van der Waals surface area contributed by atoms with Gasteiger partial charge >= 0.3 is 0 Å². The summed E-state index contributed by atoms with van der Waals surface area (Å²) in [6.45, 7) is 1.96. The molecule has 0 spiro atoms. The van der Waals surface area contributed by atoms with Crippen LogP contribution in [0.1, 0.15) is 55.8 Å². The summed E-state index contributed by atoms with van der Waals surface area (Å²) in [7, 11) is 0. The minimum absolute atomic E-state index is 0.304. The van der Waals surface area contributed by atoms with Gasteiger partial charge < -0.3 is 9.47 Å². The lowest BCUT2D eigenvalue weighted by atomic mass is 10.1. The molecule has 3 aromatic rings. The first kappa shape index (κ1) is 19.7. The standard InChI is InChI=1S/C23H29N5OS/c29-23(9-3-8-22-25-19-6-1-2-7-20(19)30-22)28-14-4-5-18(28)12-13-21-26-24-16-27(21)15-17-10-11-17/h1-2,6-7,16-18H,3-5,8-15H2. The molecule has 2 aromatic heterocycles. The lowest BCUT2D eigenvalue weighted by Crippen LogP contribution is -2.35. The number of aryl methyl sites for hydroxylation is 2. The number of thiazole rings is 1. The second kappa shape index (κ2) is 8.84. The predicted octanol–water partition coefficient (Wildman–Crippen LogP) is 4.24. The first-order valence-electron chi connectivity index (χ1n) is 11.3. The van der Waals surface area contributed by atoms with E-state index in [1.54, 1.807) is 11.3 Å². The van der Waals surface area contributed by atoms with Crippen molar-refractivity contribution < 1.29 is 4.79 Å². The highest BCUT2D eigenvalue weighted by atomic mass is 32.1. The van der Waals surface area contributed by atoms with E-state index < -0.39 is 0 Å². The summed E-state index contributed by atoms with van der Waals surface area (Å²) >= 11 is 1.75. The first-order chi connectivity index (χ1) is 14.8. The van der Waals surface area contributed by atoms with Gasteiger partial charge in [0, 0.05) is 32.0 Å². The quantitative estimate of drug-likeness (QED) is 0.516. The van der Waals surface area contributed by atoms with Gasteiger partial charge in [-0.05, 0) is 63.0 Å². The maximum absolute atomic E-state index is 12.9. The normalized spacial score (nSPS) is 19.1. The lowest BCUT2D eigenvalue weighted by Gasteiger charge is -2.24. The summed E-state index contributed by atoms with van der Waals surface area (Å²) in [4.78, 5) is 19.7. The van der Waals surface area contributed by atoms with Gasteiger partial charge in [-0.25, -0.2) is 4.98 Å². The van der Waals surface area contributed by atoms with Gasteiger partial charge in [-0.15, -0.1) is 21.5 Å². The van der Waals surface area contributed by atoms with Crippen molar-refractivity contribution >= 4 is 27.5 Å². The second-order valence-corrected chi connectivity index (χ2v) is 9.81. The van der Waals surface area contributed by atoms with Gasteiger partial charge in [-0.3, -0.25) is 4.79 Å². The van der Waals surface area contributed by atoms with Crippen molar-refractivity contribution in [1.29, 1.82) is 0 Å². The highest BCUT2D eigenvalue weighted by Crippen LogP contribution is 2.31. The lowest BCUT2D eigenvalue weighted by molar-refractivity contribution is -0.132. The number of amides is 1. The maximum Gasteiger partial charge on any atom is 0.222 e. The molecule has 1 aliphatic heterocycles. The second-order valence-electron chi connectivity index (χ2n) is 8.69. The van der Waals surface area contributed by atoms with Gasteiger partial charge in [0.15, 0.2) is 0 Å². The van der Waals surface area contributed by atoms with Gasteiger partial charge in [0.1, 0.15) is 12.2 Å². The summed E-state index contributed by atoms with van der Waals surface area (Å²) < 4.78 is 3.45. The average Bonchev–Trinajstić information content (AvgIpc) is 3.13. The van der Waals surface area contributed by atoms with E-state index in [1.165, 1.54) is 17.5 Å². The number of carbonyl (C=O) groups is 1. The number of carbonyl (C=O) groups excluding carboxylic acids is 1. The smallest absolute Gasteiger partial charge is 0.222 e. The Kier molecular flexibility index (Phi) is 5.79. The molecule has 30 heavy (non-hydrogen) atoms. The molecule has 1 amide bonds. The molecular weight excluding hydrogens is 394 g/mol. The Hall–Kier alpha value is -2.28. The highest BCUT2D eigenvalue weighted by Gasteiger charge is 2.29. The molecule has 1 aromatic carbocycles. The van der Waals surface area contributed by atoms with E-state index in [0.717, 1.165) is 73.9 Å². The molecule has 0 radical (unpaired) electrons. The highest BCUT2D eigenvalue weighted by molar-refractivity contribution is 7.18. The van der Waals surface area contributed by atoms with Crippen LogP contribution in [-0.4, -0.2) is 43.1 Å². The molecule has 7 heteroatoms. The molecule has 2 aliphatic rings. The van der Waals surface area contributed by atoms with Gasteiger partial charge in [0.25, 0.3) is 0 Å². The molecule has 1 atom stereocenters. The fourth-order valence-electron chi connectivity index (χ4n) is 4.52. The van der Waals surface area contributed by atoms with E-state index in [4.69, 9.17) is 4.98 Å². The van der Waals surface area contributed by atoms with Gasteiger partial charge in [0.2, 0.25) is 5.91 Å². The summed E-state index contributed by atoms with van der Waals surface area (Å²) in [5, 5.41) is 9.58. The van der Waals surface area contributed by atoms with E-state index in [0.29, 0.717) is 18.4 Å². The third-order valence-electron chi connectivity index (χ3n) is 6.37. The van der Waals surface area contributed by atoms with Crippen LogP contribution < -0.4 is 0 Å². The molecule has 3 heterocycles. The average molecular weight is 424 g/mol. The maximum atomic E-state index is 12.9. The van der Waals surface area contributed by atoms with Crippen LogP contribution in [0, 0.1) is 5.92 Å². The van der Waals surface area contributed by atoms with Crippen LogP contribution in [0.25, 0.3) is 10.2 Å². The minimum Gasteiger partial charge on any atom is -0.340 e. The zero-order chi connectivity index (χ0) is 20.3. The van der Waals surface area contributed by atoms with Crippen LogP contribution in [0.5, 0.6) is 0 Å². The Morgan fingerprint density at radius 1 is 1.17 bits per heavy atom. The molecule has 158 valence electrons. The molecule has 0 N–H and O–H groups in total. The number of hydrogen-bond donors (Lipinski definition) is 0. The SMILES string of the molecule is O=C(CCCc1nc2ccccc2s1)N1CCCC1CCc1nncn1CC1CC1. The number of para-hydroxylation sites is 1. The first-order valence-corrected chi connectivity index (χ1v) is 12.1. The predicted molar refractivity (Wildman–Crippen MR) is 118 cm³/mol. The fourth-order valence-corrected chi connectivity index (χ4v) is 5.53. The number of nitrogens with zero attached hydrogens (tertiary/aromatic N) is 5. The van der Waals surface area contributed by atoms with Crippen LogP contribution >= 0.6 is 11.3 Å². The van der Waals surface area contributed by atoms with Crippen LogP contribution in [0.3, 0.4) is 0 Å².